The quantitative estimate of drug-likeness (QED) is 0.324. The van der Waals surface area contributed by atoms with Gasteiger partial charge in [0.05, 0.1) is 0 Å². The number of fused-ring (bicyclic) bond motifs is 3. The van der Waals surface area contributed by atoms with Crippen molar-refractivity contribution in [3.8, 4) is 11.8 Å². The molecule has 0 nitrogen and oxygen atoms in total. The summed E-state index contributed by atoms with van der Waals surface area (Å²) in [7, 11) is 0. The summed E-state index contributed by atoms with van der Waals surface area (Å²) in [6, 6.07) is 10.8. The van der Waals surface area contributed by atoms with Crippen molar-refractivity contribution in [3.05, 3.63) is 129 Å². The molecule has 2 aromatic rings. The van der Waals surface area contributed by atoms with Gasteiger partial charge in [0.15, 0.2) is 0 Å². The van der Waals surface area contributed by atoms with Crippen LogP contribution in [-0.2, 0) is 6.42 Å². The summed E-state index contributed by atoms with van der Waals surface area (Å²) in [6.45, 7) is 41.3. The SMILES string of the molecule is C=C(C)C1=C(C)C[C@@]2(C)C[C@@]3(C)Cc4c(C(C)C)cc(C#Cc5ccc(C(=C)C)cc5)c(C)c4C(=C)C3=C(C)[C@@]2(C)C1=C. The average Bonchev–Trinajstić information content (AvgIpc) is 2.89. The van der Waals surface area contributed by atoms with Gasteiger partial charge in [0.2, 0.25) is 0 Å². The first-order valence-electron chi connectivity index (χ1n) is 15.9. The molecule has 0 radical (unpaired) electrons. The Morgan fingerprint density at radius 2 is 1.51 bits per heavy atom. The van der Waals surface area contributed by atoms with Crippen LogP contribution < -0.4 is 0 Å². The Morgan fingerprint density at radius 1 is 0.884 bits per heavy atom. The second-order valence-electron chi connectivity index (χ2n) is 14.9. The molecule has 2 aromatic carbocycles. The van der Waals surface area contributed by atoms with Gasteiger partial charge >= 0.3 is 0 Å². The van der Waals surface area contributed by atoms with Crippen molar-refractivity contribution >= 4 is 11.1 Å². The fraction of sp³-hybridized carbons (Fsp3) is 0.395. The summed E-state index contributed by atoms with van der Waals surface area (Å²) in [5, 5.41) is 0. The van der Waals surface area contributed by atoms with Gasteiger partial charge in [-0.25, -0.2) is 0 Å². The van der Waals surface area contributed by atoms with Crippen LogP contribution in [-0.4, -0.2) is 0 Å². The second kappa shape index (κ2) is 10.3. The van der Waals surface area contributed by atoms with E-state index in [1.807, 2.05) is 6.92 Å². The summed E-state index contributed by atoms with van der Waals surface area (Å²) >= 11 is 0. The van der Waals surface area contributed by atoms with Gasteiger partial charge in [-0.2, -0.15) is 0 Å². The zero-order valence-corrected chi connectivity index (χ0v) is 28.4. The van der Waals surface area contributed by atoms with Gasteiger partial charge in [-0.1, -0.05) is 107 Å². The van der Waals surface area contributed by atoms with E-state index in [-0.39, 0.29) is 16.2 Å². The predicted molar refractivity (Wildman–Crippen MR) is 188 cm³/mol. The van der Waals surface area contributed by atoms with Crippen molar-refractivity contribution in [2.45, 2.75) is 94.4 Å². The normalized spacial score (nSPS) is 26.5. The Bertz CT molecular complexity index is 1750. The smallest absolute Gasteiger partial charge is 0.0287 e. The number of allylic oxidation sites excluding steroid dienone is 8. The number of hydrogen-bond donors (Lipinski definition) is 0. The van der Waals surface area contributed by atoms with E-state index >= 15 is 0 Å². The third-order valence-corrected chi connectivity index (χ3v) is 11.4. The maximum atomic E-state index is 4.89. The minimum atomic E-state index is -0.155. The molecular formula is C43H50. The van der Waals surface area contributed by atoms with Gasteiger partial charge in [0, 0.05) is 16.5 Å². The van der Waals surface area contributed by atoms with Gasteiger partial charge in [-0.3, -0.25) is 0 Å². The van der Waals surface area contributed by atoms with E-state index in [1.165, 1.54) is 55.7 Å². The van der Waals surface area contributed by atoms with E-state index < -0.39 is 0 Å². The van der Waals surface area contributed by atoms with E-state index in [1.54, 1.807) is 0 Å². The highest BCUT2D eigenvalue weighted by Crippen LogP contribution is 2.70. The van der Waals surface area contributed by atoms with Crippen molar-refractivity contribution in [1.29, 1.82) is 0 Å². The molecule has 0 heterocycles. The lowest BCUT2D eigenvalue weighted by molar-refractivity contribution is 0.0543. The molecule has 3 aliphatic carbocycles. The molecule has 3 aliphatic rings. The zero-order valence-electron chi connectivity index (χ0n) is 28.4. The van der Waals surface area contributed by atoms with E-state index in [2.05, 4.69) is 118 Å². The van der Waals surface area contributed by atoms with Crippen LogP contribution in [0.2, 0.25) is 0 Å². The highest BCUT2D eigenvalue weighted by molar-refractivity contribution is 5.88. The summed E-state index contributed by atoms with van der Waals surface area (Å²) in [6.07, 6.45) is 3.22. The Balaban J connectivity index is 1.71. The Labute approximate surface area is 262 Å². The van der Waals surface area contributed by atoms with Gasteiger partial charge in [-0.15, -0.1) is 0 Å². The van der Waals surface area contributed by atoms with Crippen molar-refractivity contribution in [2.75, 3.05) is 0 Å². The van der Waals surface area contributed by atoms with Gasteiger partial charge in [-0.05, 0) is 139 Å². The largest absolute Gasteiger partial charge is 0.0955 e. The maximum absolute atomic E-state index is 4.89. The van der Waals surface area contributed by atoms with Crippen molar-refractivity contribution in [2.24, 2.45) is 16.2 Å². The van der Waals surface area contributed by atoms with Gasteiger partial charge in [0.25, 0.3) is 0 Å². The van der Waals surface area contributed by atoms with Crippen LogP contribution in [0.3, 0.4) is 0 Å². The Kier molecular flexibility index (Phi) is 7.37. The molecule has 0 saturated heterocycles. The summed E-state index contributed by atoms with van der Waals surface area (Å²) in [5.41, 5.74) is 18.9. The second-order valence-corrected chi connectivity index (χ2v) is 14.9. The first-order valence-corrected chi connectivity index (χ1v) is 15.9. The Hall–Kier alpha value is -3.56. The fourth-order valence-electron chi connectivity index (χ4n) is 9.25. The summed E-state index contributed by atoms with van der Waals surface area (Å²) in [4.78, 5) is 0. The first-order chi connectivity index (χ1) is 20.0. The van der Waals surface area contributed by atoms with Gasteiger partial charge < -0.3 is 0 Å². The first kappa shape index (κ1) is 30.9. The van der Waals surface area contributed by atoms with Crippen LogP contribution in [0.25, 0.3) is 11.1 Å². The predicted octanol–water partition coefficient (Wildman–Crippen LogP) is 11.7. The monoisotopic (exact) mass is 566 g/mol. The minimum absolute atomic E-state index is 0.0119. The Morgan fingerprint density at radius 3 is 2.07 bits per heavy atom. The molecular weight excluding hydrogens is 516 g/mol. The van der Waals surface area contributed by atoms with Crippen LogP contribution in [0.15, 0.2) is 90.1 Å². The van der Waals surface area contributed by atoms with Crippen molar-refractivity contribution in [3.63, 3.8) is 0 Å². The molecule has 5 rings (SSSR count). The van der Waals surface area contributed by atoms with Gasteiger partial charge in [0.1, 0.15) is 0 Å². The third-order valence-electron chi connectivity index (χ3n) is 11.4. The maximum Gasteiger partial charge on any atom is 0.0287 e. The van der Waals surface area contributed by atoms with Crippen LogP contribution in [0.5, 0.6) is 0 Å². The number of benzene rings is 2. The highest BCUT2D eigenvalue weighted by Gasteiger charge is 2.59. The molecule has 0 spiro atoms. The third kappa shape index (κ3) is 4.51. The van der Waals surface area contributed by atoms with Crippen LogP contribution in [0.4, 0.5) is 0 Å². The lowest BCUT2D eigenvalue weighted by Gasteiger charge is -2.62. The molecule has 0 saturated carbocycles. The molecule has 0 aromatic heterocycles. The highest BCUT2D eigenvalue weighted by atomic mass is 14.6. The molecule has 0 fully saturated rings. The number of hydrogen-bond acceptors (Lipinski definition) is 0. The lowest BCUT2D eigenvalue weighted by atomic mass is 9.41. The number of rotatable bonds is 3. The fourth-order valence-corrected chi connectivity index (χ4v) is 9.25. The molecule has 0 unspecified atom stereocenters. The molecule has 0 heteroatoms. The molecule has 43 heavy (non-hydrogen) atoms. The minimum Gasteiger partial charge on any atom is -0.0955 e. The van der Waals surface area contributed by atoms with E-state index in [0.29, 0.717) is 5.92 Å². The van der Waals surface area contributed by atoms with Crippen molar-refractivity contribution < 1.29 is 0 Å². The van der Waals surface area contributed by atoms with Crippen LogP contribution in [0, 0.1) is 35.0 Å². The lowest BCUT2D eigenvalue weighted by Crippen LogP contribution is -2.52. The van der Waals surface area contributed by atoms with E-state index in [9.17, 15) is 0 Å². The van der Waals surface area contributed by atoms with Crippen molar-refractivity contribution in [1.82, 2.24) is 0 Å². The van der Waals surface area contributed by atoms with Crippen LogP contribution in [0.1, 0.15) is 120 Å². The van der Waals surface area contributed by atoms with E-state index in [4.69, 9.17) is 13.2 Å². The average molecular weight is 567 g/mol. The van der Waals surface area contributed by atoms with Crippen LogP contribution >= 0.6 is 0 Å². The standard InChI is InChI=1S/C43H50/c1-25(2)34-18-15-33(16-19-34)17-20-35-21-36(26(3)4)37-23-41(12)24-42(13)22-28(7)38(27(5)6)31(10)43(42,14)32(11)40(41)30(9)39(37)29(35)8/h15-16,18-19,21,26H,1,5,9-10,22-24H2,2-4,6-8,11-14H3/t41-,42+,43-/m1/s1. The molecule has 0 amide bonds. The molecule has 222 valence electrons. The molecule has 3 atom stereocenters. The summed E-state index contributed by atoms with van der Waals surface area (Å²) in [5.74, 6) is 7.42. The molecule has 0 bridgehead atoms. The zero-order chi connectivity index (χ0) is 31.8. The topological polar surface area (TPSA) is 0 Å². The molecule has 0 aliphatic heterocycles. The van der Waals surface area contributed by atoms with E-state index in [0.717, 1.165) is 47.1 Å². The molecule has 0 N–H and O–H groups in total. The summed E-state index contributed by atoms with van der Waals surface area (Å²) < 4.78 is 0.